The molecule has 4 heteroatoms. The molecule has 0 amide bonds. The van der Waals surface area contributed by atoms with Crippen LogP contribution < -0.4 is 10.3 Å². The first-order valence-electron chi connectivity index (χ1n) is 4.73. The lowest BCUT2D eigenvalue weighted by Crippen LogP contribution is -2.21. The average Bonchev–Trinajstić information content (AvgIpc) is 2.01. The zero-order valence-electron chi connectivity index (χ0n) is 9.00. The summed E-state index contributed by atoms with van der Waals surface area (Å²) in [6, 6.07) is 1.37. The van der Waals surface area contributed by atoms with Gasteiger partial charge < -0.3 is 9.72 Å². The molecule has 0 aromatic carbocycles. The maximum absolute atomic E-state index is 11.1. The summed E-state index contributed by atoms with van der Waals surface area (Å²) in [4.78, 5) is 17.7. The molecule has 0 aliphatic rings. The van der Waals surface area contributed by atoms with Crippen molar-refractivity contribution in [1.82, 2.24) is 9.97 Å². The Morgan fingerprint density at radius 1 is 1.43 bits per heavy atom. The van der Waals surface area contributed by atoms with Gasteiger partial charge in [-0.15, -0.1) is 0 Å². The molecule has 1 heterocycles. The predicted molar refractivity (Wildman–Crippen MR) is 54.5 cm³/mol. The Balaban J connectivity index is 2.82. The number of aryl methyl sites for hydroxylation is 1. The van der Waals surface area contributed by atoms with E-state index in [2.05, 4.69) is 23.8 Å². The summed E-state index contributed by atoms with van der Waals surface area (Å²) in [5.41, 5.74) is -0.177. The second kappa shape index (κ2) is 4.26. The van der Waals surface area contributed by atoms with E-state index in [0.717, 1.165) is 0 Å². The van der Waals surface area contributed by atoms with E-state index in [1.54, 1.807) is 6.92 Å². The lowest BCUT2D eigenvalue weighted by atomic mass is 10.1. The monoisotopic (exact) mass is 196 g/mol. The second-order valence-electron chi connectivity index (χ2n) is 3.74. The van der Waals surface area contributed by atoms with Gasteiger partial charge in [0.05, 0.1) is 12.2 Å². The highest BCUT2D eigenvalue weighted by atomic mass is 16.5. The van der Waals surface area contributed by atoms with Crippen LogP contribution >= 0.6 is 0 Å². The summed E-state index contributed by atoms with van der Waals surface area (Å²) in [6.45, 7) is 7.81. The van der Waals surface area contributed by atoms with Crippen LogP contribution in [0.5, 0.6) is 5.88 Å². The molecule has 0 spiro atoms. The van der Waals surface area contributed by atoms with Gasteiger partial charge in [0.2, 0.25) is 5.88 Å². The van der Waals surface area contributed by atoms with Gasteiger partial charge in [-0.3, -0.25) is 4.79 Å². The molecular weight excluding hydrogens is 180 g/mol. The quantitative estimate of drug-likeness (QED) is 0.797. The normalized spacial score (nSPS) is 12.9. The summed E-state index contributed by atoms with van der Waals surface area (Å²) >= 11 is 0. The summed E-state index contributed by atoms with van der Waals surface area (Å²) < 4.78 is 5.51. The lowest BCUT2D eigenvalue weighted by molar-refractivity contribution is 0.162. The van der Waals surface area contributed by atoms with E-state index < -0.39 is 0 Å². The molecule has 4 nitrogen and oxygen atoms in total. The molecule has 1 rings (SSSR count). The molecule has 1 atom stereocenters. The molecule has 0 aliphatic heterocycles. The molecule has 1 aromatic heterocycles. The smallest absolute Gasteiger partial charge is 0.254 e. The Labute approximate surface area is 83.3 Å². The fraction of sp³-hybridized carbons (Fsp3) is 0.600. The van der Waals surface area contributed by atoms with E-state index in [1.807, 2.05) is 6.92 Å². The van der Waals surface area contributed by atoms with Crippen molar-refractivity contribution >= 4 is 0 Å². The maximum atomic E-state index is 11.1. The fourth-order valence-corrected chi connectivity index (χ4v) is 0.939. The van der Waals surface area contributed by atoms with Gasteiger partial charge in [0.1, 0.15) is 5.82 Å². The number of H-pyrrole nitrogens is 1. The largest absolute Gasteiger partial charge is 0.474 e. The Morgan fingerprint density at radius 3 is 2.57 bits per heavy atom. The van der Waals surface area contributed by atoms with Crippen molar-refractivity contribution in [2.24, 2.45) is 5.92 Å². The zero-order chi connectivity index (χ0) is 10.7. The van der Waals surface area contributed by atoms with Crippen LogP contribution in [0.4, 0.5) is 0 Å². The number of aromatic nitrogens is 2. The third kappa shape index (κ3) is 2.87. The molecule has 14 heavy (non-hydrogen) atoms. The molecule has 0 bridgehead atoms. The molecular formula is C10H16N2O2. The molecule has 1 aromatic rings. The minimum Gasteiger partial charge on any atom is -0.474 e. The third-order valence-electron chi connectivity index (χ3n) is 2.08. The number of aromatic amines is 1. The van der Waals surface area contributed by atoms with E-state index in [4.69, 9.17) is 4.74 Å². The maximum Gasteiger partial charge on any atom is 0.254 e. The Kier molecular flexibility index (Phi) is 3.28. The lowest BCUT2D eigenvalue weighted by Gasteiger charge is -2.16. The van der Waals surface area contributed by atoms with E-state index in [1.165, 1.54) is 6.07 Å². The Morgan fingerprint density at radius 2 is 2.07 bits per heavy atom. The number of nitrogens with zero attached hydrogens (tertiary/aromatic N) is 1. The standard InChI is InChI=1S/C10H16N2O2/c1-6(2)7(3)14-10-5-9(13)11-8(4)12-10/h5-7H,1-4H3,(H,11,12,13). The van der Waals surface area contributed by atoms with Gasteiger partial charge in [-0.25, -0.2) is 4.98 Å². The molecule has 0 saturated carbocycles. The molecule has 0 radical (unpaired) electrons. The Hall–Kier alpha value is -1.32. The molecule has 0 fully saturated rings. The highest BCUT2D eigenvalue weighted by Crippen LogP contribution is 2.10. The third-order valence-corrected chi connectivity index (χ3v) is 2.08. The number of hydrogen-bond donors (Lipinski definition) is 1. The summed E-state index contributed by atoms with van der Waals surface area (Å²) in [5.74, 6) is 1.37. The van der Waals surface area contributed by atoms with Crippen LogP contribution in [0.15, 0.2) is 10.9 Å². The van der Waals surface area contributed by atoms with Gasteiger partial charge in [0.25, 0.3) is 5.56 Å². The van der Waals surface area contributed by atoms with Crippen LogP contribution in [-0.4, -0.2) is 16.1 Å². The summed E-state index contributed by atoms with van der Waals surface area (Å²) in [6.07, 6.45) is 0.0590. The van der Waals surface area contributed by atoms with Gasteiger partial charge in [-0.05, 0) is 19.8 Å². The van der Waals surface area contributed by atoms with Crippen molar-refractivity contribution in [3.63, 3.8) is 0 Å². The minimum absolute atomic E-state index is 0.0590. The van der Waals surface area contributed by atoms with Gasteiger partial charge >= 0.3 is 0 Å². The molecule has 1 unspecified atom stereocenters. The topological polar surface area (TPSA) is 55.0 Å². The van der Waals surface area contributed by atoms with Crippen LogP contribution in [0.2, 0.25) is 0 Å². The number of ether oxygens (including phenoxy) is 1. The average molecular weight is 196 g/mol. The first-order valence-corrected chi connectivity index (χ1v) is 4.73. The molecule has 0 saturated heterocycles. The van der Waals surface area contributed by atoms with Crippen LogP contribution in [0.3, 0.4) is 0 Å². The first kappa shape index (κ1) is 10.8. The molecule has 0 aliphatic carbocycles. The highest BCUT2D eigenvalue weighted by Gasteiger charge is 2.09. The van der Waals surface area contributed by atoms with E-state index in [-0.39, 0.29) is 11.7 Å². The fourth-order valence-electron chi connectivity index (χ4n) is 0.939. The zero-order valence-corrected chi connectivity index (χ0v) is 9.00. The van der Waals surface area contributed by atoms with Crippen molar-refractivity contribution in [2.75, 3.05) is 0 Å². The van der Waals surface area contributed by atoms with Crippen LogP contribution in [0.25, 0.3) is 0 Å². The van der Waals surface area contributed by atoms with Crippen LogP contribution in [0.1, 0.15) is 26.6 Å². The van der Waals surface area contributed by atoms with Crippen molar-refractivity contribution in [3.8, 4) is 5.88 Å². The van der Waals surface area contributed by atoms with Gasteiger partial charge in [-0.2, -0.15) is 0 Å². The predicted octanol–water partition coefficient (Wildman–Crippen LogP) is 1.50. The molecule has 78 valence electrons. The van der Waals surface area contributed by atoms with Crippen molar-refractivity contribution in [1.29, 1.82) is 0 Å². The summed E-state index contributed by atoms with van der Waals surface area (Å²) in [7, 11) is 0. The van der Waals surface area contributed by atoms with E-state index >= 15 is 0 Å². The van der Waals surface area contributed by atoms with Crippen molar-refractivity contribution in [3.05, 3.63) is 22.2 Å². The van der Waals surface area contributed by atoms with E-state index in [0.29, 0.717) is 17.6 Å². The second-order valence-corrected chi connectivity index (χ2v) is 3.74. The van der Waals surface area contributed by atoms with Crippen molar-refractivity contribution in [2.45, 2.75) is 33.8 Å². The number of nitrogens with one attached hydrogen (secondary N) is 1. The van der Waals surface area contributed by atoms with Crippen molar-refractivity contribution < 1.29 is 4.74 Å². The van der Waals surface area contributed by atoms with Gasteiger partial charge in [-0.1, -0.05) is 13.8 Å². The van der Waals surface area contributed by atoms with E-state index in [9.17, 15) is 4.79 Å². The SMILES string of the molecule is Cc1nc(OC(C)C(C)C)cc(=O)[nH]1. The number of hydrogen-bond acceptors (Lipinski definition) is 3. The van der Waals surface area contributed by atoms with Gasteiger partial charge in [0, 0.05) is 0 Å². The number of rotatable bonds is 3. The first-order chi connectivity index (χ1) is 6.49. The van der Waals surface area contributed by atoms with Crippen LogP contribution in [0, 0.1) is 12.8 Å². The highest BCUT2D eigenvalue weighted by molar-refractivity contribution is 5.08. The van der Waals surface area contributed by atoms with Gasteiger partial charge in [0.15, 0.2) is 0 Å². The molecule has 1 N–H and O–H groups in total. The minimum atomic E-state index is -0.177. The summed E-state index contributed by atoms with van der Waals surface area (Å²) in [5, 5.41) is 0. The Bertz CT molecular complexity index is 357. The van der Waals surface area contributed by atoms with Crippen LogP contribution in [-0.2, 0) is 0 Å².